The van der Waals surface area contributed by atoms with Crippen LogP contribution in [-0.4, -0.2) is 10.9 Å². The number of pyridine rings is 1. The zero-order valence-electron chi connectivity index (χ0n) is 8.09. The van der Waals surface area contributed by atoms with Crippen LogP contribution in [-0.2, 0) is 11.3 Å². The molecule has 0 aliphatic heterocycles. The van der Waals surface area contributed by atoms with Crippen molar-refractivity contribution in [1.29, 1.82) is 0 Å². The summed E-state index contributed by atoms with van der Waals surface area (Å²) in [6, 6.07) is 3.56. The molecular weight excluding hydrogens is 200 g/mol. The largest absolute Gasteiger partial charge is 0.352 e. The molecule has 0 aromatic carbocycles. The van der Waals surface area contributed by atoms with Crippen molar-refractivity contribution >= 4 is 17.5 Å². The third-order valence-electron chi connectivity index (χ3n) is 1.76. The molecule has 0 bridgehead atoms. The Labute approximate surface area is 88.5 Å². The minimum Gasteiger partial charge on any atom is -0.352 e. The van der Waals surface area contributed by atoms with Crippen molar-refractivity contribution in [3.63, 3.8) is 0 Å². The van der Waals surface area contributed by atoms with Crippen LogP contribution in [0.4, 0.5) is 0 Å². The van der Waals surface area contributed by atoms with Gasteiger partial charge in [0.15, 0.2) is 0 Å². The Balaban J connectivity index is 2.38. The van der Waals surface area contributed by atoms with Crippen LogP contribution in [0, 0.1) is 0 Å². The monoisotopic (exact) mass is 212 g/mol. The number of hydrogen-bond acceptors (Lipinski definition) is 2. The van der Waals surface area contributed by atoms with Crippen LogP contribution < -0.4 is 5.32 Å². The normalized spacial score (nSPS) is 9.86. The van der Waals surface area contributed by atoms with Gasteiger partial charge in [-0.1, -0.05) is 24.6 Å². The van der Waals surface area contributed by atoms with E-state index in [0.29, 0.717) is 18.1 Å². The molecule has 1 rings (SSSR count). The average molecular weight is 213 g/mol. The highest BCUT2D eigenvalue weighted by Gasteiger charge is 1.99. The lowest BCUT2D eigenvalue weighted by Crippen LogP contribution is -2.22. The van der Waals surface area contributed by atoms with Crippen molar-refractivity contribution in [2.45, 2.75) is 26.3 Å². The molecule has 0 unspecified atom stereocenters. The van der Waals surface area contributed by atoms with E-state index in [1.807, 2.05) is 13.0 Å². The Bertz CT molecular complexity index is 297. The summed E-state index contributed by atoms with van der Waals surface area (Å²) in [5.74, 6) is 0.0717. The smallest absolute Gasteiger partial charge is 0.220 e. The number of nitrogens with one attached hydrogen (secondary N) is 1. The minimum atomic E-state index is 0.0717. The van der Waals surface area contributed by atoms with Crippen LogP contribution in [0.5, 0.6) is 0 Å². The summed E-state index contributed by atoms with van der Waals surface area (Å²) >= 11 is 5.63. The molecule has 1 amide bonds. The van der Waals surface area contributed by atoms with Crippen LogP contribution in [0.2, 0.25) is 5.15 Å². The molecule has 1 aromatic heterocycles. The zero-order chi connectivity index (χ0) is 10.4. The van der Waals surface area contributed by atoms with Crippen molar-refractivity contribution in [2.24, 2.45) is 0 Å². The Kier molecular flexibility index (Phi) is 4.40. The van der Waals surface area contributed by atoms with Gasteiger partial charge >= 0.3 is 0 Å². The fourth-order valence-corrected chi connectivity index (χ4v) is 1.14. The first-order chi connectivity index (χ1) is 6.72. The molecule has 0 saturated heterocycles. The lowest BCUT2D eigenvalue weighted by atomic mass is 10.2. The van der Waals surface area contributed by atoms with Crippen LogP contribution >= 0.6 is 11.6 Å². The van der Waals surface area contributed by atoms with E-state index in [-0.39, 0.29) is 5.91 Å². The van der Waals surface area contributed by atoms with Crippen LogP contribution in [0.3, 0.4) is 0 Å². The second kappa shape index (κ2) is 5.60. The quantitative estimate of drug-likeness (QED) is 0.778. The molecule has 3 nitrogen and oxygen atoms in total. The van der Waals surface area contributed by atoms with Gasteiger partial charge in [0.1, 0.15) is 5.15 Å². The molecular formula is C10H13ClN2O. The first-order valence-corrected chi connectivity index (χ1v) is 4.97. The number of hydrogen-bond donors (Lipinski definition) is 1. The summed E-state index contributed by atoms with van der Waals surface area (Å²) in [5, 5.41) is 3.26. The second-order valence-electron chi connectivity index (χ2n) is 3.02. The highest BCUT2D eigenvalue weighted by atomic mass is 35.5. The molecule has 0 aliphatic rings. The summed E-state index contributed by atoms with van der Waals surface area (Å²) in [6.07, 6.45) is 3.10. The molecule has 0 radical (unpaired) electrons. The van der Waals surface area contributed by atoms with Gasteiger partial charge in [0.2, 0.25) is 5.91 Å². The highest BCUT2D eigenvalue weighted by Crippen LogP contribution is 2.04. The summed E-state index contributed by atoms with van der Waals surface area (Å²) in [5.41, 5.74) is 0.957. The maximum Gasteiger partial charge on any atom is 0.220 e. The summed E-state index contributed by atoms with van der Waals surface area (Å²) < 4.78 is 0. The van der Waals surface area contributed by atoms with E-state index in [2.05, 4.69) is 10.3 Å². The molecule has 76 valence electrons. The minimum absolute atomic E-state index is 0.0717. The Morgan fingerprint density at radius 2 is 2.36 bits per heavy atom. The molecule has 0 aliphatic carbocycles. The van der Waals surface area contributed by atoms with E-state index < -0.39 is 0 Å². The van der Waals surface area contributed by atoms with Gasteiger partial charge < -0.3 is 5.32 Å². The molecule has 4 heteroatoms. The number of carbonyl (C=O) groups excluding carboxylic acids is 1. The van der Waals surface area contributed by atoms with Crippen molar-refractivity contribution < 1.29 is 4.79 Å². The first-order valence-electron chi connectivity index (χ1n) is 4.59. The van der Waals surface area contributed by atoms with Gasteiger partial charge in [-0.05, 0) is 18.1 Å². The molecule has 1 aromatic rings. The van der Waals surface area contributed by atoms with E-state index in [9.17, 15) is 4.79 Å². The van der Waals surface area contributed by atoms with Crippen LogP contribution in [0.25, 0.3) is 0 Å². The number of rotatable bonds is 4. The predicted molar refractivity (Wildman–Crippen MR) is 56.0 cm³/mol. The molecule has 0 fully saturated rings. The molecule has 0 saturated carbocycles. The Morgan fingerprint density at radius 3 is 2.93 bits per heavy atom. The highest BCUT2D eigenvalue weighted by molar-refractivity contribution is 6.29. The number of aromatic nitrogens is 1. The average Bonchev–Trinajstić information content (AvgIpc) is 2.17. The molecule has 14 heavy (non-hydrogen) atoms. The Hall–Kier alpha value is -1.09. The molecule has 0 spiro atoms. The SMILES string of the molecule is CCCC(=O)NCc1ccc(Cl)nc1. The van der Waals surface area contributed by atoms with E-state index >= 15 is 0 Å². The third-order valence-corrected chi connectivity index (χ3v) is 1.98. The van der Waals surface area contributed by atoms with E-state index in [4.69, 9.17) is 11.6 Å². The van der Waals surface area contributed by atoms with Crippen LogP contribution in [0.1, 0.15) is 25.3 Å². The molecule has 1 heterocycles. The number of carbonyl (C=O) groups is 1. The van der Waals surface area contributed by atoms with E-state index in [0.717, 1.165) is 12.0 Å². The molecule has 1 N–H and O–H groups in total. The van der Waals surface area contributed by atoms with E-state index in [1.165, 1.54) is 0 Å². The lowest BCUT2D eigenvalue weighted by Gasteiger charge is -2.03. The maximum atomic E-state index is 11.1. The third kappa shape index (κ3) is 3.75. The number of amides is 1. The lowest BCUT2D eigenvalue weighted by molar-refractivity contribution is -0.121. The predicted octanol–water partition coefficient (Wildman–Crippen LogP) is 2.15. The van der Waals surface area contributed by atoms with Gasteiger partial charge in [-0.15, -0.1) is 0 Å². The van der Waals surface area contributed by atoms with Crippen molar-refractivity contribution in [1.82, 2.24) is 10.3 Å². The van der Waals surface area contributed by atoms with Crippen LogP contribution in [0.15, 0.2) is 18.3 Å². The fraction of sp³-hybridized carbons (Fsp3) is 0.400. The zero-order valence-corrected chi connectivity index (χ0v) is 8.84. The van der Waals surface area contributed by atoms with Gasteiger partial charge in [0, 0.05) is 19.2 Å². The second-order valence-corrected chi connectivity index (χ2v) is 3.40. The molecule has 0 atom stereocenters. The van der Waals surface area contributed by atoms with Crippen molar-refractivity contribution in [3.05, 3.63) is 29.0 Å². The van der Waals surface area contributed by atoms with Gasteiger partial charge in [-0.2, -0.15) is 0 Å². The number of nitrogens with zero attached hydrogens (tertiary/aromatic N) is 1. The van der Waals surface area contributed by atoms with Crippen molar-refractivity contribution in [2.75, 3.05) is 0 Å². The number of halogens is 1. The summed E-state index contributed by atoms with van der Waals surface area (Å²) in [6.45, 7) is 2.49. The topological polar surface area (TPSA) is 42.0 Å². The van der Waals surface area contributed by atoms with Gasteiger partial charge in [-0.25, -0.2) is 4.98 Å². The Morgan fingerprint density at radius 1 is 1.57 bits per heavy atom. The summed E-state index contributed by atoms with van der Waals surface area (Å²) in [7, 11) is 0. The van der Waals surface area contributed by atoms with Gasteiger partial charge in [-0.3, -0.25) is 4.79 Å². The maximum absolute atomic E-state index is 11.1. The standard InChI is InChI=1S/C10H13ClN2O/c1-2-3-10(14)13-7-8-4-5-9(11)12-6-8/h4-6H,2-3,7H2,1H3,(H,13,14). The first kappa shape index (κ1) is 11.0. The summed E-state index contributed by atoms with van der Waals surface area (Å²) in [4.78, 5) is 15.0. The fourth-order valence-electron chi connectivity index (χ4n) is 1.03. The van der Waals surface area contributed by atoms with E-state index in [1.54, 1.807) is 12.3 Å². The van der Waals surface area contributed by atoms with Gasteiger partial charge in [0.05, 0.1) is 0 Å². The van der Waals surface area contributed by atoms with Gasteiger partial charge in [0.25, 0.3) is 0 Å². The van der Waals surface area contributed by atoms with Crippen molar-refractivity contribution in [3.8, 4) is 0 Å².